The van der Waals surface area contributed by atoms with Crippen LogP contribution in [0.25, 0.3) is 33.3 Å². The van der Waals surface area contributed by atoms with Gasteiger partial charge in [0.25, 0.3) is 0 Å². The largest absolute Gasteiger partial charge is 0.496 e. The number of nitrogens with zero attached hydrogens (tertiary/aromatic N) is 1. The number of nitrogens with one attached hydrogen (secondary N) is 1. The molecule has 0 aliphatic heterocycles. The lowest BCUT2D eigenvalue weighted by Gasteiger charge is -2.15. The van der Waals surface area contributed by atoms with E-state index in [0.29, 0.717) is 23.0 Å². The zero-order valence-corrected chi connectivity index (χ0v) is 17.9. The van der Waals surface area contributed by atoms with Crippen molar-refractivity contribution in [3.05, 3.63) is 54.4 Å². The zero-order valence-electron chi connectivity index (χ0n) is 17.9. The van der Waals surface area contributed by atoms with Crippen LogP contribution in [0, 0.1) is 0 Å². The fourth-order valence-corrected chi connectivity index (χ4v) is 3.75. The van der Waals surface area contributed by atoms with Gasteiger partial charge in [0.05, 0.1) is 52.4 Å². The van der Waals surface area contributed by atoms with Crippen molar-refractivity contribution >= 4 is 11.0 Å². The Balaban J connectivity index is 1.94. The zero-order chi connectivity index (χ0) is 22.0. The maximum absolute atomic E-state index is 9.72. The fraction of sp³-hybridized carbons (Fsp3) is 0.208. The molecule has 0 aliphatic carbocycles. The van der Waals surface area contributed by atoms with Crippen LogP contribution in [0.4, 0.5) is 0 Å². The molecule has 0 atom stereocenters. The Morgan fingerprint density at radius 1 is 0.774 bits per heavy atom. The first-order valence-corrected chi connectivity index (χ1v) is 9.69. The van der Waals surface area contributed by atoms with Crippen LogP contribution in [-0.4, -0.2) is 43.5 Å². The van der Waals surface area contributed by atoms with Gasteiger partial charge in [0.1, 0.15) is 5.75 Å². The summed E-state index contributed by atoms with van der Waals surface area (Å²) in [6, 6.07) is 13.7. The topological polar surface area (TPSA) is 85.8 Å². The molecule has 0 saturated carbocycles. The van der Waals surface area contributed by atoms with Gasteiger partial charge in [-0.1, -0.05) is 6.07 Å². The molecule has 0 fully saturated rings. The predicted molar refractivity (Wildman–Crippen MR) is 119 cm³/mol. The Bertz CT molecular complexity index is 1210. The summed E-state index contributed by atoms with van der Waals surface area (Å²) in [6.07, 6.45) is 1.67. The Hall–Kier alpha value is -3.71. The highest BCUT2D eigenvalue weighted by molar-refractivity contribution is 5.96. The van der Waals surface area contributed by atoms with E-state index < -0.39 is 0 Å². The average molecular weight is 420 g/mol. The molecule has 4 aromatic rings. The molecule has 7 nitrogen and oxygen atoms in total. The molecule has 1 aromatic heterocycles. The number of methoxy groups -OCH3 is 4. The van der Waals surface area contributed by atoms with E-state index in [2.05, 4.69) is 16.0 Å². The molecule has 4 rings (SSSR count). The summed E-state index contributed by atoms with van der Waals surface area (Å²) in [4.78, 5) is 7.71. The van der Waals surface area contributed by atoms with Crippen molar-refractivity contribution in [2.45, 2.75) is 6.61 Å². The summed E-state index contributed by atoms with van der Waals surface area (Å²) >= 11 is 0. The number of benzene rings is 3. The predicted octanol–water partition coefficient (Wildman–Crippen LogP) is 4.42. The second-order valence-corrected chi connectivity index (χ2v) is 6.92. The fourth-order valence-electron chi connectivity index (χ4n) is 3.75. The monoisotopic (exact) mass is 420 g/mol. The lowest BCUT2D eigenvalue weighted by molar-refractivity contribution is 0.274. The molecule has 0 unspecified atom stereocenters. The van der Waals surface area contributed by atoms with Gasteiger partial charge in [-0.15, -0.1) is 0 Å². The van der Waals surface area contributed by atoms with E-state index in [1.165, 1.54) is 0 Å². The lowest BCUT2D eigenvalue weighted by atomic mass is 9.96. The quantitative estimate of drug-likeness (QED) is 0.460. The Labute approximate surface area is 180 Å². The van der Waals surface area contributed by atoms with E-state index in [-0.39, 0.29) is 6.61 Å². The molecule has 0 spiro atoms. The Morgan fingerprint density at radius 3 is 2.10 bits per heavy atom. The van der Waals surface area contributed by atoms with Crippen LogP contribution in [0.3, 0.4) is 0 Å². The first kappa shape index (κ1) is 20.6. The number of aromatic nitrogens is 2. The lowest BCUT2D eigenvalue weighted by Crippen LogP contribution is -1.96. The first-order valence-electron chi connectivity index (χ1n) is 9.69. The van der Waals surface area contributed by atoms with Crippen LogP contribution in [0.5, 0.6) is 23.0 Å². The number of hydrogen-bond acceptors (Lipinski definition) is 6. The van der Waals surface area contributed by atoms with Gasteiger partial charge in [-0.2, -0.15) is 0 Å². The van der Waals surface area contributed by atoms with Gasteiger partial charge in [-0.05, 0) is 53.1 Å². The van der Waals surface area contributed by atoms with Crippen LogP contribution in [0.15, 0.2) is 48.8 Å². The molecule has 0 radical (unpaired) electrons. The number of aliphatic hydroxyl groups excluding tert-OH is 1. The number of aliphatic hydroxyl groups is 1. The minimum Gasteiger partial charge on any atom is -0.496 e. The van der Waals surface area contributed by atoms with Gasteiger partial charge in [-0.25, -0.2) is 4.98 Å². The summed E-state index contributed by atoms with van der Waals surface area (Å²) in [5, 5.41) is 9.72. The summed E-state index contributed by atoms with van der Waals surface area (Å²) in [5.41, 5.74) is 6.15. The van der Waals surface area contributed by atoms with Crippen LogP contribution < -0.4 is 18.9 Å². The number of H-pyrrole nitrogens is 1. The Kier molecular flexibility index (Phi) is 5.68. The number of aromatic amines is 1. The molecular formula is C24H24N2O5. The molecule has 3 aromatic carbocycles. The van der Waals surface area contributed by atoms with Crippen LogP contribution >= 0.6 is 0 Å². The highest BCUT2D eigenvalue weighted by atomic mass is 16.5. The van der Waals surface area contributed by atoms with E-state index >= 15 is 0 Å². The van der Waals surface area contributed by atoms with Gasteiger partial charge in [0.15, 0.2) is 11.5 Å². The molecule has 1 heterocycles. The number of hydrogen-bond donors (Lipinski definition) is 2. The van der Waals surface area contributed by atoms with E-state index in [0.717, 1.165) is 38.9 Å². The van der Waals surface area contributed by atoms with E-state index in [1.54, 1.807) is 34.8 Å². The third kappa shape index (κ3) is 3.64. The first-order chi connectivity index (χ1) is 15.1. The van der Waals surface area contributed by atoms with Crippen LogP contribution in [-0.2, 0) is 6.61 Å². The SMILES string of the molecule is COc1ccc(-c2cc(-c3cc(OC)c(OC)c(OC)c3)c3nc[nH]c3c2)cc1CO. The third-order valence-corrected chi connectivity index (χ3v) is 5.28. The van der Waals surface area contributed by atoms with Crippen molar-refractivity contribution in [3.63, 3.8) is 0 Å². The molecule has 0 amide bonds. The van der Waals surface area contributed by atoms with Crippen molar-refractivity contribution in [1.29, 1.82) is 0 Å². The number of fused-ring (bicyclic) bond motifs is 1. The van der Waals surface area contributed by atoms with Crippen molar-refractivity contribution < 1.29 is 24.1 Å². The second kappa shape index (κ2) is 8.57. The summed E-state index contributed by atoms with van der Waals surface area (Å²) in [5.74, 6) is 2.32. The van der Waals surface area contributed by atoms with E-state index in [1.807, 2.05) is 36.4 Å². The maximum atomic E-state index is 9.72. The molecular weight excluding hydrogens is 396 g/mol. The number of rotatable bonds is 7. The standard InChI is InChI=1S/C24H24N2O5/c1-28-20-6-5-14(7-17(20)12-27)15-8-18(23-19(9-15)25-13-26-23)16-10-21(29-2)24(31-4)22(11-16)30-3/h5-11,13,27H,12H2,1-4H3,(H,25,26). The summed E-state index contributed by atoms with van der Waals surface area (Å²) < 4.78 is 21.9. The van der Waals surface area contributed by atoms with Gasteiger partial charge >= 0.3 is 0 Å². The highest BCUT2D eigenvalue weighted by Gasteiger charge is 2.17. The average Bonchev–Trinajstić information content (AvgIpc) is 3.30. The second-order valence-electron chi connectivity index (χ2n) is 6.92. The normalized spacial score (nSPS) is 10.9. The Morgan fingerprint density at radius 2 is 1.48 bits per heavy atom. The van der Waals surface area contributed by atoms with E-state index in [4.69, 9.17) is 18.9 Å². The molecule has 2 N–H and O–H groups in total. The highest BCUT2D eigenvalue weighted by Crippen LogP contribution is 2.43. The van der Waals surface area contributed by atoms with E-state index in [9.17, 15) is 5.11 Å². The van der Waals surface area contributed by atoms with Crippen molar-refractivity contribution in [1.82, 2.24) is 9.97 Å². The maximum Gasteiger partial charge on any atom is 0.203 e. The van der Waals surface area contributed by atoms with Gasteiger partial charge in [0.2, 0.25) is 5.75 Å². The summed E-state index contributed by atoms with van der Waals surface area (Å²) in [6.45, 7) is -0.108. The van der Waals surface area contributed by atoms with Gasteiger partial charge in [0, 0.05) is 11.1 Å². The van der Waals surface area contributed by atoms with Gasteiger partial charge in [-0.3, -0.25) is 0 Å². The van der Waals surface area contributed by atoms with Crippen molar-refractivity contribution in [3.8, 4) is 45.3 Å². The minimum atomic E-state index is -0.108. The minimum absolute atomic E-state index is 0.108. The molecule has 0 bridgehead atoms. The van der Waals surface area contributed by atoms with Crippen LogP contribution in [0.2, 0.25) is 0 Å². The smallest absolute Gasteiger partial charge is 0.203 e. The third-order valence-electron chi connectivity index (χ3n) is 5.28. The molecule has 160 valence electrons. The number of imidazole rings is 1. The molecule has 0 aliphatic rings. The summed E-state index contributed by atoms with van der Waals surface area (Å²) in [7, 11) is 6.35. The molecule has 7 heteroatoms. The molecule has 0 saturated heterocycles. The molecule has 31 heavy (non-hydrogen) atoms. The number of ether oxygens (including phenoxy) is 4. The van der Waals surface area contributed by atoms with Crippen molar-refractivity contribution in [2.24, 2.45) is 0 Å². The van der Waals surface area contributed by atoms with Crippen LogP contribution in [0.1, 0.15) is 5.56 Å². The van der Waals surface area contributed by atoms with Gasteiger partial charge < -0.3 is 29.0 Å². The van der Waals surface area contributed by atoms with Crippen molar-refractivity contribution in [2.75, 3.05) is 28.4 Å².